The highest BCUT2D eigenvalue weighted by Gasteiger charge is 2.61. The third kappa shape index (κ3) is 4.28. The quantitative estimate of drug-likeness (QED) is 0.184. The van der Waals surface area contributed by atoms with Crippen LogP contribution in [0.1, 0.15) is 43.2 Å². The zero-order valence-corrected chi connectivity index (χ0v) is 29.5. The average Bonchev–Trinajstić information content (AvgIpc) is 3.58. The van der Waals surface area contributed by atoms with Crippen LogP contribution in [0.25, 0.3) is 43.8 Å². The molecule has 4 aliphatic carbocycles. The summed E-state index contributed by atoms with van der Waals surface area (Å²) in [7, 11) is 0. The summed E-state index contributed by atoms with van der Waals surface area (Å²) < 4.78 is 13.1. The summed E-state index contributed by atoms with van der Waals surface area (Å²) in [5.74, 6) is 5.14. The zero-order chi connectivity index (χ0) is 34.7. The van der Waals surface area contributed by atoms with Gasteiger partial charge in [0.25, 0.3) is 0 Å². The predicted octanol–water partition coefficient (Wildman–Crippen LogP) is 13.7. The highest BCUT2D eigenvalue weighted by atomic mass is 16.5. The molecule has 4 saturated carbocycles. The van der Waals surface area contributed by atoms with Crippen molar-refractivity contribution < 1.29 is 9.15 Å². The van der Waals surface area contributed by atoms with Crippen molar-refractivity contribution in [2.45, 2.75) is 37.5 Å². The Kier molecular flexibility index (Phi) is 6.23. The molecule has 7 aromatic carbocycles. The van der Waals surface area contributed by atoms with Gasteiger partial charge in [0.15, 0.2) is 0 Å². The molecule has 3 nitrogen and oxygen atoms in total. The smallest absolute Gasteiger partial charge is 0.136 e. The van der Waals surface area contributed by atoms with Crippen LogP contribution >= 0.6 is 0 Å². The fraction of sp³-hybridized carbons (Fsp3) is 0.200. The highest BCUT2D eigenvalue weighted by Crippen LogP contribution is 2.69. The lowest BCUT2D eigenvalue weighted by molar-refractivity contribution is -0.0452. The number of rotatable bonds is 4. The van der Waals surface area contributed by atoms with Crippen LogP contribution in [-0.2, 0) is 5.41 Å². The van der Waals surface area contributed by atoms with E-state index in [0.717, 1.165) is 62.1 Å². The van der Waals surface area contributed by atoms with Gasteiger partial charge in [-0.15, -0.1) is 0 Å². The van der Waals surface area contributed by atoms with Gasteiger partial charge < -0.3 is 14.1 Å². The summed E-state index contributed by atoms with van der Waals surface area (Å²) in [5, 5.41) is 4.78. The van der Waals surface area contributed by atoms with Gasteiger partial charge in [-0.2, -0.15) is 0 Å². The van der Waals surface area contributed by atoms with Gasteiger partial charge in [0.1, 0.15) is 22.7 Å². The van der Waals surface area contributed by atoms with E-state index in [9.17, 15) is 0 Å². The van der Waals surface area contributed by atoms with E-state index >= 15 is 0 Å². The molecule has 1 spiro atoms. The fourth-order valence-electron chi connectivity index (χ4n) is 11.6. The number of hydrogen-bond donors (Lipinski definition) is 0. The normalized spacial score (nSPS) is 23.7. The molecule has 1 aliphatic heterocycles. The van der Waals surface area contributed by atoms with Crippen LogP contribution in [0.4, 0.5) is 17.1 Å². The van der Waals surface area contributed by atoms with Crippen molar-refractivity contribution in [3.05, 3.63) is 163 Å². The second-order valence-electron chi connectivity index (χ2n) is 16.1. The van der Waals surface area contributed by atoms with Crippen molar-refractivity contribution in [3.8, 4) is 22.6 Å². The van der Waals surface area contributed by atoms with E-state index in [-0.39, 0.29) is 5.41 Å². The van der Waals surface area contributed by atoms with Gasteiger partial charge in [-0.05, 0) is 133 Å². The number of anilines is 3. The molecular formula is C50H39NO2. The van der Waals surface area contributed by atoms with Crippen LogP contribution in [0, 0.1) is 23.7 Å². The molecule has 4 fully saturated rings. The second kappa shape index (κ2) is 11.1. The molecule has 53 heavy (non-hydrogen) atoms. The maximum atomic E-state index is 6.81. The average molecular weight is 686 g/mol. The van der Waals surface area contributed by atoms with Crippen molar-refractivity contribution in [1.29, 1.82) is 0 Å². The van der Waals surface area contributed by atoms with Crippen molar-refractivity contribution in [2.75, 3.05) is 4.90 Å². The summed E-state index contributed by atoms with van der Waals surface area (Å²) in [6.45, 7) is 0. The molecule has 1 aromatic heterocycles. The Labute approximate surface area is 309 Å². The van der Waals surface area contributed by atoms with Crippen molar-refractivity contribution in [2.24, 2.45) is 23.7 Å². The molecule has 5 aliphatic rings. The minimum atomic E-state index is -0.0167. The number of ether oxygens (including phenoxy) is 1. The van der Waals surface area contributed by atoms with Crippen LogP contribution in [0.15, 0.2) is 156 Å². The van der Waals surface area contributed by atoms with E-state index in [1.54, 1.807) is 0 Å². The number of fused-ring (bicyclic) bond motifs is 6. The largest absolute Gasteiger partial charge is 0.457 e. The predicted molar refractivity (Wildman–Crippen MR) is 216 cm³/mol. The second-order valence-corrected chi connectivity index (χ2v) is 16.1. The lowest BCUT2D eigenvalue weighted by Crippen LogP contribution is -2.57. The van der Waals surface area contributed by atoms with Gasteiger partial charge in [-0.3, -0.25) is 0 Å². The summed E-state index contributed by atoms with van der Waals surface area (Å²) in [6.07, 6.45) is 6.77. The fourth-order valence-corrected chi connectivity index (χ4v) is 11.6. The van der Waals surface area contributed by atoms with Crippen molar-refractivity contribution in [3.63, 3.8) is 0 Å². The first-order chi connectivity index (χ1) is 26.2. The molecule has 3 heteroatoms. The van der Waals surface area contributed by atoms with E-state index in [2.05, 4.69) is 144 Å². The molecule has 4 bridgehead atoms. The SMILES string of the molecule is c1ccc2c(c1)Oc1ccc(N(c3ccc(-c4ccc5c(c4)oc4ccccc45)cc3)c3cccc4ccccc34)cc1C21C2CC3CC(C2)CC1C3. The summed E-state index contributed by atoms with van der Waals surface area (Å²) in [4.78, 5) is 2.47. The van der Waals surface area contributed by atoms with Crippen LogP contribution < -0.4 is 9.64 Å². The van der Waals surface area contributed by atoms with Crippen LogP contribution in [0.2, 0.25) is 0 Å². The van der Waals surface area contributed by atoms with Crippen LogP contribution in [0.3, 0.4) is 0 Å². The molecule has 0 saturated heterocycles. The van der Waals surface area contributed by atoms with Crippen molar-refractivity contribution in [1.82, 2.24) is 0 Å². The van der Waals surface area contributed by atoms with E-state index in [0.29, 0.717) is 11.8 Å². The van der Waals surface area contributed by atoms with Gasteiger partial charge in [-0.25, -0.2) is 0 Å². The first-order valence-corrected chi connectivity index (χ1v) is 19.4. The molecule has 0 atom stereocenters. The maximum Gasteiger partial charge on any atom is 0.136 e. The topological polar surface area (TPSA) is 25.6 Å². The van der Waals surface area contributed by atoms with Gasteiger partial charge in [-0.1, -0.05) is 91.0 Å². The molecule has 8 aromatic rings. The molecule has 0 N–H and O–H groups in total. The molecule has 0 amide bonds. The van der Waals surface area contributed by atoms with Gasteiger partial charge >= 0.3 is 0 Å². The Morgan fingerprint density at radius 1 is 0.472 bits per heavy atom. The highest BCUT2D eigenvalue weighted by molar-refractivity contribution is 6.06. The third-order valence-corrected chi connectivity index (χ3v) is 13.5. The monoisotopic (exact) mass is 685 g/mol. The summed E-state index contributed by atoms with van der Waals surface area (Å²) in [5.41, 5.74) is 10.4. The van der Waals surface area contributed by atoms with Crippen LogP contribution in [-0.4, -0.2) is 0 Å². The zero-order valence-electron chi connectivity index (χ0n) is 29.5. The van der Waals surface area contributed by atoms with Gasteiger partial charge in [0.05, 0.1) is 5.69 Å². The molecule has 256 valence electrons. The molecule has 0 radical (unpaired) electrons. The lowest BCUT2D eigenvalue weighted by Gasteiger charge is -2.63. The minimum absolute atomic E-state index is 0.0167. The number of furan rings is 1. The Balaban J connectivity index is 1.02. The minimum Gasteiger partial charge on any atom is -0.457 e. The van der Waals surface area contributed by atoms with E-state index in [4.69, 9.17) is 9.15 Å². The van der Waals surface area contributed by atoms with E-state index in [1.807, 2.05) is 12.1 Å². The van der Waals surface area contributed by atoms with E-state index < -0.39 is 0 Å². The number of benzene rings is 7. The van der Waals surface area contributed by atoms with Crippen LogP contribution in [0.5, 0.6) is 11.5 Å². The van der Waals surface area contributed by atoms with Gasteiger partial charge in [0.2, 0.25) is 0 Å². The molecule has 0 unspecified atom stereocenters. The Morgan fingerprint density at radius 2 is 1.13 bits per heavy atom. The van der Waals surface area contributed by atoms with Crippen molar-refractivity contribution >= 4 is 49.8 Å². The first kappa shape index (κ1) is 29.7. The number of nitrogens with zero attached hydrogens (tertiary/aromatic N) is 1. The Hall–Kier alpha value is -5.80. The van der Waals surface area contributed by atoms with Gasteiger partial charge in [0, 0.05) is 44.1 Å². The van der Waals surface area contributed by atoms with E-state index in [1.165, 1.54) is 65.4 Å². The molecule has 2 heterocycles. The molecule has 13 rings (SSSR count). The maximum absolute atomic E-state index is 6.81. The Bertz CT molecular complexity index is 2700. The summed E-state index contributed by atoms with van der Waals surface area (Å²) in [6, 6.07) is 55.4. The molecular weight excluding hydrogens is 647 g/mol. The summed E-state index contributed by atoms with van der Waals surface area (Å²) >= 11 is 0. The number of hydrogen-bond acceptors (Lipinski definition) is 3. The third-order valence-electron chi connectivity index (χ3n) is 13.5. The standard InChI is InChI=1S/C50H39NO2/c1-2-10-40-34(8-1)9-7-13-45(40)51(38-19-16-33(17-20-38)35-18-22-42-41-11-3-5-14-46(41)52-49(42)29-35)39-21-23-48-44(30-39)50(43-12-4-6-15-47(43)53-48)36-25-31-24-32(27-36)28-37(50)26-31/h1-23,29-32,36-37H,24-28H2. The lowest BCUT2D eigenvalue weighted by atomic mass is 9.42. The Morgan fingerprint density at radius 3 is 1.98 bits per heavy atom. The number of para-hydroxylation sites is 2. The first-order valence-electron chi connectivity index (χ1n) is 19.4.